The smallest absolute Gasteiger partial charge is 0.277 e. The number of anilines is 1. The van der Waals surface area contributed by atoms with E-state index in [1.165, 1.54) is 12.1 Å². The molecule has 8 nitrogen and oxygen atoms in total. The fourth-order valence-electron chi connectivity index (χ4n) is 1.35. The second-order valence-electron chi connectivity index (χ2n) is 3.76. The molecule has 0 fully saturated rings. The van der Waals surface area contributed by atoms with Crippen LogP contribution in [0.2, 0.25) is 0 Å². The largest absolute Gasteiger partial charge is 0.352 e. The van der Waals surface area contributed by atoms with Crippen molar-refractivity contribution in [3.8, 4) is 0 Å². The van der Waals surface area contributed by atoms with Gasteiger partial charge in [-0.25, -0.2) is 22.7 Å². The van der Waals surface area contributed by atoms with E-state index in [-0.39, 0.29) is 4.90 Å². The molecule has 1 aromatic carbocycles. The highest BCUT2D eigenvalue weighted by Gasteiger charge is 2.15. The molecule has 19 heavy (non-hydrogen) atoms. The van der Waals surface area contributed by atoms with Gasteiger partial charge in [0, 0.05) is 0 Å². The molecule has 0 aliphatic rings. The van der Waals surface area contributed by atoms with Crippen molar-refractivity contribution in [2.45, 2.75) is 11.8 Å². The lowest BCUT2D eigenvalue weighted by Gasteiger charge is -2.06. The summed E-state index contributed by atoms with van der Waals surface area (Å²) < 4.78 is 25.9. The van der Waals surface area contributed by atoms with Crippen LogP contribution in [0.4, 0.5) is 5.95 Å². The van der Waals surface area contributed by atoms with Crippen LogP contribution in [-0.4, -0.2) is 23.4 Å². The maximum Gasteiger partial charge on any atom is 0.352 e. The molecule has 0 aliphatic heterocycles. The molecule has 0 amide bonds. The summed E-state index contributed by atoms with van der Waals surface area (Å²) in [6, 6.07) is 6.07. The molecule has 2 rings (SSSR count). The second kappa shape index (κ2) is 4.69. The molecule has 0 atom stereocenters. The van der Waals surface area contributed by atoms with Gasteiger partial charge in [0.1, 0.15) is 0 Å². The van der Waals surface area contributed by atoms with Gasteiger partial charge in [-0.1, -0.05) is 17.7 Å². The van der Waals surface area contributed by atoms with Crippen LogP contribution < -0.4 is 16.1 Å². The second-order valence-corrected chi connectivity index (χ2v) is 5.45. The first-order valence-corrected chi connectivity index (χ1v) is 6.65. The number of nitrogens with one attached hydrogen (secondary N) is 3. The molecular weight excluding hydrogens is 272 g/mol. The van der Waals surface area contributed by atoms with Gasteiger partial charge in [0.2, 0.25) is 5.95 Å². The van der Waals surface area contributed by atoms with E-state index in [2.05, 4.69) is 9.97 Å². The average molecular weight is 282 g/mol. The fraction of sp³-hybridized carbons (Fsp3) is 0.100. The predicted molar refractivity (Wildman–Crippen MR) is 67.5 cm³/mol. The van der Waals surface area contributed by atoms with Crippen LogP contribution in [0, 0.1) is 6.92 Å². The summed E-state index contributed by atoms with van der Waals surface area (Å²) in [6.45, 7) is 1.82. The van der Waals surface area contributed by atoms with E-state index in [1.54, 1.807) is 12.1 Å². The standard InChI is InChI=1S/C10H10N4O4S/c1-6-2-4-7(5-3-6)19(17,18)14-8-11-9(15)13-10(16)12-8/h2-5H,1H3,(H3,11,12,13,14,15,16). The minimum Gasteiger partial charge on any atom is -0.277 e. The lowest BCUT2D eigenvalue weighted by molar-refractivity contribution is 0.600. The van der Waals surface area contributed by atoms with Crippen molar-refractivity contribution in [3.63, 3.8) is 0 Å². The summed E-state index contributed by atoms with van der Waals surface area (Å²) in [4.78, 5) is 29.2. The topological polar surface area (TPSA) is 125 Å². The molecule has 100 valence electrons. The molecule has 0 spiro atoms. The molecule has 3 N–H and O–H groups in total. The molecular formula is C10H10N4O4S. The van der Waals surface area contributed by atoms with Crippen molar-refractivity contribution in [3.05, 3.63) is 50.8 Å². The first-order chi connectivity index (χ1) is 8.87. The molecule has 2 aromatic rings. The van der Waals surface area contributed by atoms with Crippen LogP contribution >= 0.6 is 0 Å². The zero-order chi connectivity index (χ0) is 14.0. The van der Waals surface area contributed by atoms with Crippen LogP contribution in [0.1, 0.15) is 5.56 Å². The third kappa shape index (κ3) is 3.07. The number of rotatable bonds is 3. The highest BCUT2D eigenvalue weighted by Crippen LogP contribution is 2.12. The summed E-state index contributed by atoms with van der Waals surface area (Å²) in [6.07, 6.45) is 0. The number of H-pyrrole nitrogens is 2. The van der Waals surface area contributed by atoms with Gasteiger partial charge >= 0.3 is 11.4 Å². The summed E-state index contributed by atoms with van der Waals surface area (Å²) in [5.74, 6) is -0.436. The summed E-state index contributed by atoms with van der Waals surface area (Å²) in [7, 11) is -3.90. The Bertz CT molecular complexity index is 776. The van der Waals surface area contributed by atoms with Crippen molar-refractivity contribution in [1.29, 1.82) is 0 Å². The minimum absolute atomic E-state index is 0.000954. The van der Waals surface area contributed by atoms with E-state index in [0.29, 0.717) is 0 Å². The van der Waals surface area contributed by atoms with E-state index in [4.69, 9.17) is 0 Å². The Morgan fingerprint density at radius 3 is 2.32 bits per heavy atom. The van der Waals surface area contributed by atoms with Crippen molar-refractivity contribution < 1.29 is 8.42 Å². The fourth-order valence-corrected chi connectivity index (χ4v) is 2.31. The van der Waals surface area contributed by atoms with Crippen LogP contribution in [0.3, 0.4) is 0 Å². The van der Waals surface area contributed by atoms with Crippen LogP contribution in [0.5, 0.6) is 0 Å². The number of aromatic nitrogens is 3. The zero-order valence-corrected chi connectivity index (χ0v) is 10.6. The van der Waals surface area contributed by atoms with Gasteiger partial charge in [0.15, 0.2) is 0 Å². The number of hydrogen-bond donors (Lipinski definition) is 3. The molecule has 0 aliphatic carbocycles. The van der Waals surface area contributed by atoms with Gasteiger partial charge in [-0.15, -0.1) is 0 Å². The van der Waals surface area contributed by atoms with Gasteiger partial charge in [0.25, 0.3) is 10.0 Å². The number of benzene rings is 1. The lowest BCUT2D eigenvalue weighted by Crippen LogP contribution is -2.28. The Morgan fingerprint density at radius 2 is 1.74 bits per heavy atom. The number of nitrogens with zero attached hydrogens (tertiary/aromatic N) is 1. The molecule has 0 bridgehead atoms. The number of hydrogen-bond acceptors (Lipinski definition) is 5. The number of aromatic amines is 2. The molecule has 0 unspecified atom stereocenters. The molecule has 1 aromatic heterocycles. The van der Waals surface area contributed by atoms with Gasteiger partial charge in [-0.05, 0) is 19.1 Å². The summed E-state index contributed by atoms with van der Waals surface area (Å²) in [5, 5.41) is 0. The first kappa shape index (κ1) is 13.0. The third-order valence-electron chi connectivity index (χ3n) is 2.23. The molecule has 0 radical (unpaired) electrons. The quantitative estimate of drug-likeness (QED) is 0.704. The van der Waals surface area contributed by atoms with Crippen molar-refractivity contribution in [1.82, 2.24) is 15.0 Å². The van der Waals surface area contributed by atoms with Crippen LogP contribution in [0.25, 0.3) is 0 Å². The Labute approximate surface area is 107 Å². The predicted octanol–water partition coefficient (Wildman–Crippen LogP) is -0.433. The van der Waals surface area contributed by atoms with Gasteiger partial charge in [0.05, 0.1) is 4.90 Å². The molecule has 1 heterocycles. The Balaban J connectivity index is 2.38. The summed E-state index contributed by atoms with van der Waals surface area (Å²) in [5.41, 5.74) is -0.881. The highest BCUT2D eigenvalue weighted by atomic mass is 32.2. The normalized spacial score (nSPS) is 11.2. The van der Waals surface area contributed by atoms with Gasteiger partial charge in [-0.3, -0.25) is 9.97 Å². The monoisotopic (exact) mass is 282 g/mol. The van der Waals surface area contributed by atoms with E-state index in [0.717, 1.165) is 5.56 Å². The zero-order valence-electron chi connectivity index (χ0n) is 9.80. The Kier molecular flexibility index (Phi) is 3.21. The third-order valence-corrected chi connectivity index (χ3v) is 3.58. The maximum atomic E-state index is 12.0. The van der Waals surface area contributed by atoms with Gasteiger partial charge in [-0.2, -0.15) is 4.98 Å². The van der Waals surface area contributed by atoms with E-state index >= 15 is 0 Å². The van der Waals surface area contributed by atoms with Crippen molar-refractivity contribution in [2.75, 3.05) is 4.72 Å². The lowest BCUT2D eigenvalue weighted by atomic mass is 10.2. The number of aryl methyl sites for hydroxylation is 1. The maximum absolute atomic E-state index is 12.0. The van der Waals surface area contributed by atoms with E-state index in [9.17, 15) is 18.0 Å². The summed E-state index contributed by atoms with van der Waals surface area (Å²) >= 11 is 0. The molecule has 9 heteroatoms. The minimum atomic E-state index is -3.90. The SMILES string of the molecule is Cc1ccc(S(=O)(=O)Nc2nc(=O)[nH]c(=O)[nH]2)cc1. The number of sulfonamides is 1. The Morgan fingerprint density at radius 1 is 1.11 bits per heavy atom. The van der Waals surface area contributed by atoms with Crippen molar-refractivity contribution in [2.24, 2.45) is 0 Å². The van der Waals surface area contributed by atoms with E-state index in [1.807, 2.05) is 16.6 Å². The van der Waals surface area contributed by atoms with Crippen molar-refractivity contribution >= 4 is 16.0 Å². The van der Waals surface area contributed by atoms with E-state index < -0.39 is 27.4 Å². The molecule has 0 saturated carbocycles. The average Bonchev–Trinajstić information content (AvgIpc) is 2.27. The van der Waals surface area contributed by atoms with Crippen LogP contribution in [-0.2, 0) is 10.0 Å². The van der Waals surface area contributed by atoms with Crippen LogP contribution in [0.15, 0.2) is 38.8 Å². The first-order valence-electron chi connectivity index (χ1n) is 5.17. The van der Waals surface area contributed by atoms with Gasteiger partial charge < -0.3 is 0 Å². The Hall–Kier alpha value is -2.42. The highest BCUT2D eigenvalue weighted by molar-refractivity contribution is 7.92. The molecule has 0 saturated heterocycles.